The minimum atomic E-state index is -3.37. The molecule has 0 N–H and O–H groups in total. The summed E-state index contributed by atoms with van der Waals surface area (Å²) in [5.74, 6) is 2.47. The molecule has 2 aliphatic rings. The van der Waals surface area contributed by atoms with E-state index in [4.69, 9.17) is 0 Å². The topological polar surface area (TPSA) is 68.1 Å². The Morgan fingerprint density at radius 2 is 1.92 bits per heavy atom. The summed E-state index contributed by atoms with van der Waals surface area (Å²) >= 11 is 1.54. The fourth-order valence-electron chi connectivity index (χ4n) is 3.83. The van der Waals surface area contributed by atoms with Crippen molar-refractivity contribution in [2.45, 2.75) is 56.9 Å². The van der Waals surface area contributed by atoms with Gasteiger partial charge in [-0.3, -0.25) is 0 Å². The normalized spacial score (nSPS) is 19.8. The Hall–Kier alpha value is -1.25. The van der Waals surface area contributed by atoms with E-state index in [-0.39, 0.29) is 0 Å². The predicted octanol–water partition coefficient (Wildman–Crippen LogP) is 2.47. The third-order valence-electron chi connectivity index (χ3n) is 5.07. The molecule has 2 aliphatic heterocycles. The molecule has 130 valence electrons. The van der Waals surface area contributed by atoms with E-state index in [1.165, 1.54) is 0 Å². The van der Waals surface area contributed by atoms with Gasteiger partial charge in [0.2, 0.25) is 10.0 Å². The summed E-state index contributed by atoms with van der Waals surface area (Å²) in [6, 6.07) is 1.80. The summed E-state index contributed by atoms with van der Waals surface area (Å²) in [5.41, 5.74) is 0. The van der Waals surface area contributed by atoms with Gasteiger partial charge in [0, 0.05) is 41.7 Å². The molecule has 0 radical (unpaired) electrons. The van der Waals surface area contributed by atoms with E-state index in [0.717, 1.165) is 53.6 Å². The Morgan fingerprint density at radius 1 is 1.17 bits per heavy atom. The first-order chi connectivity index (χ1) is 11.5. The molecular formula is C16H22N4O2S2. The van der Waals surface area contributed by atoms with Crippen molar-refractivity contribution < 1.29 is 8.42 Å². The summed E-state index contributed by atoms with van der Waals surface area (Å²) in [5, 5.41) is 8.66. The van der Waals surface area contributed by atoms with E-state index < -0.39 is 10.0 Å². The minimum absolute atomic E-state index is 0.320. The maximum absolute atomic E-state index is 12.9. The fourth-order valence-corrected chi connectivity index (χ4v) is 6.83. The number of hydrogen-bond donors (Lipinski definition) is 0. The first kappa shape index (κ1) is 16.2. The molecule has 1 saturated heterocycles. The smallest absolute Gasteiger partial charge is 0.244 e. The van der Waals surface area contributed by atoms with Gasteiger partial charge in [-0.05, 0) is 39.2 Å². The molecule has 8 heteroatoms. The van der Waals surface area contributed by atoms with Gasteiger partial charge in [-0.15, -0.1) is 21.5 Å². The van der Waals surface area contributed by atoms with E-state index >= 15 is 0 Å². The zero-order valence-corrected chi connectivity index (χ0v) is 15.7. The molecule has 4 rings (SSSR count). The van der Waals surface area contributed by atoms with E-state index in [1.807, 2.05) is 13.8 Å². The number of fused-ring (bicyclic) bond motifs is 1. The molecule has 2 aromatic heterocycles. The third-order valence-corrected chi connectivity index (χ3v) is 8.19. The second kappa shape index (κ2) is 5.93. The lowest BCUT2D eigenvalue weighted by Crippen LogP contribution is -2.38. The van der Waals surface area contributed by atoms with Gasteiger partial charge in [-0.1, -0.05) is 0 Å². The molecule has 4 heterocycles. The number of sulfonamides is 1. The van der Waals surface area contributed by atoms with Crippen molar-refractivity contribution in [1.29, 1.82) is 0 Å². The first-order valence-electron chi connectivity index (χ1n) is 8.46. The standard InChI is InChI=1S/C16H22N4O2S2/c1-11-10-14(12(2)23-11)24(21,22)19-8-5-13(6-9-19)16-18-17-15-4-3-7-20(15)16/h10,13H,3-9H2,1-2H3. The highest BCUT2D eigenvalue weighted by Gasteiger charge is 2.34. The lowest BCUT2D eigenvalue weighted by Gasteiger charge is -2.30. The third kappa shape index (κ3) is 2.60. The Morgan fingerprint density at radius 3 is 2.58 bits per heavy atom. The van der Waals surface area contributed by atoms with Gasteiger partial charge < -0.3 is 4.57 Å². The van der Waals surface area contributed by atoms with Crippen LogP contribution in [0.3, 0.4) is 0 Å². The van der Waals surface area contributed by atoms with Gasteiger partial charge in [0.1, 0.15) is 11.6 Å². The van der Waals surface area contributed by atoms with Crippen LogP contribution in [0, 0.1) is 13.8 Å². The first-order valence-corrected chi connectivity index (χ1v) is 10.7. The van der Waals surface area contributed by atoms with Crippen molar-refractivity contribution in [1.82, 2.24) is 19.1 Å². The van der Waals surface area contributed by atoms with Crippen LogP contribution >= 0.6 is 11.3 Å². The highest BCUT2D eigenvalue weighted by molar-refractivity contribution is 7.89. The Balaban J connectivity index is 1.51. The average Bonchev–Trinajstić information content (AvgIpc) is 3.23. The molecule has 0 atom stereocenters. The van der Waals surface area contributed by atoms with E-state index in [9.17, 15) is 8.42 Å². The van der Waals surface area contributed by atoms with Gasteiger partial charge in [0.05, 0.1) is 4.90 Å². The van der Waals surface area contributed by atoms with E-state index in [1.54, 1.807) is 21.7 Å². The Kier molecular flexibility index (Phi) is 4.01. The van der Waals surface area contributed by atoms with Crippen molar-refractivity contribution in [3.63, 3.8) is 0 Å². The highest BCUT2D eigenvalue weighted by Crippen LogP contribution is 2.33. The Labute approximate surface area is 146 Å². The number of thiophene rings is 1. The van der Waals surface area contributed by atoms with Gasteiger partial charge in [-0.25, -0.2) is 8.42 Å². The number of hydrogen-bond acceptors (Lipinski definition) is 5. The molecule has 0 aliphatic carbocycles. The van der Waals surface area contributed by atoms with Crippen molar-refractivity contribution in [2.75, 3.05) is 13.1 Å². The van der Waals surface area contributed by atoms with Gasteiger partial charge in [-0.2, -0.15) is 4.31 Å². The number of aromatic nitrogens is 3. The molecule has 24 heavy (non-hydrogen) atoms. The van der Waals surface area contributed by atoms with Crippen LogP contribution in [-0.2, 0) is 23.0 Å². The lowest BCUT2D eigenvalue weighted by molar-refractivity contribution is 0.309. The van der Waals surface area contributed by atoms with Crippen LogP contribution in [0.15, 0.2) is 11.0 Å². The molecule has 1 fully saturated rings. The molecule has 0 aromatic carbocycles. The maximum Gasteiger partial charge on any atom is 0.244 e. The largest absolute Gasteiger partial charge is 0.315 e. The van der Waals surface area contributed by atoms with Crippen molar-refractivity contribution >= 4 is 21.4 Å². The van der Waals surface area contributed by atoms with Crippen LogP contribution < -0.4 is 0 Å². The van der Waals surface area contributed by atoms with Crippen molar-refractivity contribution in [2.24, 2.45) is 0 Å². The van der Waals surface area contributed by atoms with Gasteiger partial charge in [0.25, 0.3) is 0 Å². The Bertz CT molecular complexity index is 861. The van der Waals surface area contributed by atoms with E-state index in [0.29, 0.717) is 23.9 Å². The molecule has 0 unspecified atom stereocenters. The summed E-state index contributed by atoms with van der Waals surface area (Å²) in [6.45, 7) is 5.96. The molecule has 2 aromatic rings. The number of aryl methyl sites for hydroxylation is 3. The van der Waals surface area contributed by atoms with Crippen LogP contribution in [-0.4, -0.2) is 40.6 Å². The van der Waals surface area contributed by atoms with Gasteiger partial charge in [0.15, 0.2) is 0 Å². The van der Waals surface area contributed by atoms with Crippen LogP contribution in [0.1, 0.15) is 46.6 Å². The average molecular weight is 367 g/mol. The zero-order valence-electron chi connectivity index (χ0n) is 14.0. The van der Waals surface area contributed by atoms with Crippen LogP contribution in [0.2, 0.25) is 0 Å². The molecule has 0 saturated carbocycles. The summed E-state index contributed by atoms with van der Waals surface area (Å²) in [6.07, 6.45) is 3.79. The zero-order chi connectivity index (χ0) is 16.9. The SMILES string of the molecule is Cc1cc(S(=O)(=O)N2CCC(c3nnc4n3CCC4)CC2)c(C)s1. The van der Waals surface area contributed by atoms with Crippen LogP contribution in [0.25, 0.3) is 0 Å². The second-order valence-electron chi connectivity index (χ2n) is 6.69. The highest BCUT2D eigenvalue weighted by atomic mass is 32.2. The van der Waals surface area contributed by atoms with Crippen LogP contribution in [0.5, 0.6) is 0 Å². The maximum atomic E-state index is 12.9. The predicted molar refractivity (Wildman–Crippen MR) is 92.9 cm³/mol. The van der Waals surface area contributed by atoms with Crippen LogP contribution in [0.4, 0.5) is 0 Å². The molecular weight excluding hydrogens is 344 g/mol. The molecule has 0 amide bonds. The fraction of sp³-hybridized carbons (Fsp3) is 0.625. The molecule has 0 bridgehead atoms. The summed E-state index contributed by atoms with van der Waals surface area (Å²) in [7, 11) is -3.37. The summed E-state index contributed by atoms with van der Waals surface area (Å²) in [4.78, 5) is 2.40. The van der Waals surface area contributed by atoms with Crippen molar-refractivity contribution in [3.05, 3.63) is 27.5 Å². The molecule has 0 spiro atoms. The number of piperidine rings is 1. The van der Waals surface area contributed by atoms with Gasteiger partial charge >= 0.3 is 0 Å². The second-order valence-corrected chi connectivity index (χ2v) is 10.1. The number of nitrogens with zero attached hydrogens (tertiary/aromatic N) is 4. The molecule has 6 nitrogen and oxygen atoms in total. The lowest BCUT2D eigenvalue weighted by atomic mass is 9.97. The monoisotopic (exact) mass is 366 g/mol. The summed E-state index contributed by atoms with van der Waals surface area (Å²) < 4.78 is 29.7. The number of rotatable bonds is 3. The minimum Gasteiger partial charge on any atom is -0.315 e. The van der Waals surface area contributed by atoms with Crippen molar-refractivity contribution in [3.8, 4) is 0 Å². The quantitative estimate of drug-likeness (QED) is 0.837. The van der Waals surface area contributed by atoms with E-state index in [2.05, 4.69) is 14.8 Å².